The maximum absolute atomic E-state index is 12.6. The van der Waals surface area contributed by atoms with Crippen molar-refractivity contribution in [1.29, 1.82) is 0 Å². The lowest BCUT2D eigenvalue weighted by Crippen LogP contribution is -2.18. The van der Waals surface area contributed by atoms with Crippen LogP contribution in [0.25, 0.3) is 0 Å². The lowest BCUT2D eigenvalue weighted by atomic mass is 10.0. The van der Waals surface area contributed by atoms with Gasteiger partial charge in [0.15, 0.2) is 0 Å². The maximum atomic E-state index is 12.6. The lowest BCUT2D eigenvalue weighted by Gasteiger charge is -2.11. The number of alkyl halides is 3. The van der Waals surface area contributed by atoms with E-state index in [1.807, 2.05) is 0 Å². The Morgan fingerprint density at radius 2 is 1.82 bits per heavy atom. The molecule has 4 nitrogen and oxygen atoms in total. The average Bonchev–Trinajstić information content (AvgIpc) is 2.46. The van der Waals surface area contributed by atoms with Gasteiger partial charge in [0.2, 0.25) is 5.91 Å². The molecule has 2 aromatic rings. The number of nitrogens with zero attached hydrogens (tertiary/aromatic N) is 1. The monoisotopic (exact) mass is 310 g/mol. The van der Waals surface area contributed by atoms with Gasteiger partial charge < -0.3 is 10.5 Å². The van der Waals surface area contributed by atoms with Crippen molar-refractivity contribution in [3.63, 3.8) is 0 Å². The third-order valence-corrected chi connectivity index (χ3v) is 3.06. The van der Waals surface area contributed by atoms with E-state index in [-0.39, 0.29) is 5.75 Å². The summed E-state index contributed by atoms with van der Waals surface area (Å²) in [7, 11) is 0. The Hall–Kier alpha value is -2.57. The van der Waals surface area contributed by atoms with Crippen LogP contribution in [0.1, 0.15) is 24.1 Å². The molecule has 0 saturated heterocycles. The quantitative estimate of drug-likeness (QED) is 0.940. The van der Waals surface area contributed by atoms with Crippen LogP contribution in [0, 0.1) is 0 Å². The summed E-state index contributed by atoms with van der Waals surface area (Å²) in [6, 6.07) is 8.54. The van der Waals surface area contributed by atoms with Gasteiger partial charge in [0.1, 0.15) is 17.2 Å². The second-order valence-corrected chi connectivity index (χ2v) is 4.67. The van der Waals surface area contributed by atoms with Crippen molar-refractivity contribution in [1.82, 2.24) is 4.98 Å². The number of hydrogen-bond acceptors (Lipinski definition) is 3. The van der Waals surface area contributed by atoms with Gasteiger partial charge in [-0.05, 0) is 30.7 Å². The van der Waals surface area contributed by atoms with Crippen LogP contribution in [0.2, 0.25) is 0 Å². The van der Waals surface area contributed by atoms with Crippen LogP contribution in [-0.4, -0.2) is 10.9 Å². The fourth-order valence-corrected chi connectivity index (χ4v) is 1.75. The first-order valence-corrected chi connectivity index (χ1v) is 6.38. The van der Waals surface area contributed by atoms with E-state index in [0.717, 1.165) is 12.3 Å². The minimum atomic E-state index is -4.53. The molecule has 0 bridgehead atoms. The summed E-state index contributed by atoms with van der Waals surface area (Å²) >= 11 is 0. The van der Waals surface area contributed by atoms with Gasteiger partial charge in [-0.1, -0.05) is 12.1 Å². The summed E-state index contributed by atoms with van der Waals surface area (Å²) in [5.41, 5.74) is 4.88. The fourth-order valence-electron chi connectivity index (χ4n) is 1.75. The highest BCUT2D eigenvalue weighted by Gasteiger charge is 2.32. The Morgan fingerprint density at radius 1 is 1.18 bits per heavy atom. The standard InChI is InChI=1S/C15H13F3N2O2/c1-9(14(19)21)10-2-4-11(5-3-10)22-12-6-7-20-13(8-12)15(16,17)18/h2-9H,1H3,(H2,19,21). The molecule has 0 aliphatic rings. The van der Waals surface area contributed by atoms with Gasteiger partial charge in [-0.3, -0.25) is 9.78 Å². The highest BCUT2D eigenvalue weighted by Crippen LogP contribution is 2.31. The number of benzene rings is 1. The van der Waals surface area contributed by atoms with E-state index < -0.39 is 23.7 Å². The van der Waals surface area contributed by atoms with Crippen molar-refractivity contribution in [2.75, 3.05) is 0 Å². The van der Waals surface area contributed by atoms with Crippen molar-refractivity contribution in [2.24, 2.45) is 5.73 Å². The van der Waals surface area contributed by atoms with E-state index in [4.69, 9.17) is 10.5 Å². The third kappa shape index (κ3) is 3.75. The number of halogens is 3. The molecule has 1 aromatic carbocycles. The first-order chi connectivity index (χ1) is 10.3. The molecule has 2 N–H and O–H groups in total. The van der Waals surface area contributed by atoms with Crippen LogP contribution in [0.5, 0.6) is 11.5 Å². The number of carbonyl (C=O) groups is 1. The van der Waals surface area contributed by atoms with Crippen LogP contribution >= 0.6 is 0 Å². The fraction of sp³-hybridized carbons (Fsp3) is 0.200. The minimum absolute atomic E-state index is 0.0259. The second-order valence-electron chi connectivity index (χ2n) is 4.67. The van der Waals surface area contributed by atoms with E-state index in [9.17, 15) is 18.0 Å². The van der Waals surface area contributed by atoms with Crippen LogP contribution in [-0.2, 0) is 11.0 Å². The van der Waals surface area contributed by atoms with Crippen molar-refractivity contribution in [3.05, 3.63) is 53.9 Å². The van der Waals surface area contributed by atoms with E-state index in [0.29, 0.717) is 11.3 Å². The molecule has 2 rings (SSSR count). The molecule has 0 saturated carbocycles. The summed E-state index contributed by atoms with van der Waals surface area (Å²) in [5, 5.41) is 0. The maximum Gasteiger partial charge on any atom is 0.433 e. The molecular formula is C15H13F3N2O2. The number of ether oxygens (including phenoxy) is 1. The SMILES string of the molecule is CC(C(N)=O)c1ccc(Oc2ccnc(C(F)(F)F)c2)cc1. The molecule has 1 amide bonds. The summed E-state index contributed by atoms with van der Waals surface area (Å²) in [4.78, 5) is 14.3. The Kier molecular flexibility index (Phi) is 4.35. The molecule has 0 aliphatic heterocycles. The molecule has 22 heavy (non-hydrogen) atoms. The molecule has 1 atom stereocenters. The predicted molar refractivity (Wildman–Crippen MR) is 73.4 cm³/mol. The van der Waals surface area contributed by atoms with Gasteiger partial charge in [-0.25, -0.2) is 0 Å². The van der Waals surface area contributed by atoms with Crippen molar-refractivity contribution in [2.45, 2.75) is 19.0 Å². The van der Waals surface area contributed by atoms with Crippen molar-refractivity contribution >= 4 is 5.91 Å². The average molecular weight is 310 g/mol. The van der Waals surface area contributed by atoms with Gasteiger partial charge in [0.25, 0.3) is 0 Å². The largest absolute Gasteiger partial charge is 0.457 e. The van der Waals surface area contributed by atoms with Gasteiger partial charge in [0, 0.05) is 12.3 Å². The Labute approximate surface area is 124 Å². The molecule has 0 spiro atoms. The summed E-state index contributed by atoms with van der Waals surface area (Å²) in [6.45, 7) is 1.66. The number of carbonyl (C=O) groups excluding carboxylic acids is 1. The van der Waals surface area contributed by atoms with E-state index in [2.05, 4.69) is 4.98 Å². The van der Waals surface area contributed by atoms with E-state index >= 15 is 0 Å². The number of amides is 1. The second kappa shape index (κ2) is 6.05. The molecule has 0 aliphatic carbocycles. The number of aromatic nitrogens is 1. The van der Waals surface area contributed by atoms with Gasteiger partial charge in [-0.15, -0.1) is 0 Å². The molecule has 0 fully saturated rings. The van der Waals surface area contributed by atoms with Crippen LogP contribution in [0.4, 0.5) is 13.2 Å². The Bertz CT molecular complexity index is 669. The smallest absolute Gasteiger partial charge is 0.433 e. The minimum Gasteiger partial charge on any atom is -0.457 e. The Morgan fingerprint density at radius 3 is 2.36 bits per heavy atom. The van der Waals surface area contributed by atoms with Crippen LogP contribution < -0.4 is 10.5 Å². The lowest BCUT2D eigenvalue weighted by molar-refractivity contribution is -0.141. The summed E-state index contributed by atoms with van der Waals surface area (Å²) in [6.07, 6.45) is -3.50. The number of primary amides is 1. The molecule has 116 valence electrons. The number of rotatable bonds is 4. The summed E-state index contributed by atoms with van der Waals surface area (Å²) < 4.78 is 43.0. The summed E-state index contributed by atoms with van der Waals surface area (Å²) in [5.74, 6) is -0.540. The van der Waals surface area contributed by atoms with E-state index in [1.54, 1.807) is 31.2 Å². The Balaban J connectivity index is 2.16. The van der Waals surface area contributed by atoms with Crippen molar-refractivity contribution in [3.8, 4) is 11.5 Å². The highest BCUT2D eigenvalue weighted by molar-refractivity contribution is 5.81. The zero-order valence-corrected chi connectivity index (χ0v) is 11.6. The third-order valence-electron chi connectivity index (χ3n) is 3.06. The topological polar surface area (TPSA) is 65.2 Å². The molecule has 0 radical (unpaired) electrons. The zero-order chi connectivity index (χ0) is 16.3. The molecule has 7 heteroatoms. The highest BCUT2D eigenvalue weighted by atomic mass is 19.4. The molecule has 1 unspecified atom stereocenters. The predicted octanol–water partition coefficient (Wildman–Crippen LogP) is 3.48. The number of pyridine rings is 1. The number of nitrogens with two attached hydrogens (primary N) is 1. The molecule has 1 heterocycles. The number of hydrogen-bond donors (Lipinski definition) is 1. The van der Waals surface area contributed by atoms with Gasteiger partial charge >= 0.3 is 6.18 Å². The van der Waals surface area contributed by atoms with Crippen LogP contribution in [0.15, 0.2) is 42.6 Å². The molecule has 1 aromatic heterocycles. The first kappa shape index (κ1) is 15.8. The van der Waals surface area contributed by atoms with E-state index in [1.165, 1.54) is 6.07 Å². The normalized spacial score (nSPS) is 12.7. The molecular weight excluding hydrogens is 297 g/mol. The van der Waals surface area contributed by atoms with Crippen LogP contribution in [0.3, 0.4) is 0 Å². The van der Waals surface area contributed by atoms with Gasteiger partial charge in [0.05, 0.1) is 5.92 Å². The van der Waals surface area contributed by atoms with Gasteiger partial charge in [-0.2, -0.15) is 13.2 Å². The first-order valence-electron chi connectivity index (χ1n) is 6.38. The zero-order valence-electron chi connectivity index (χ0n) is 11.6. The van der Waals surface area contributed by atoms with Crippen molar-refractivity contribution < 1.29 is 22.7 Å².